The number of aromatic nitrogens is 1. The fraction of sp³-hybridized carbons (Fsp3) is 0.455. The van der Waals surface area contributed by atoms with Gasteiger partial charge in [0.25, 0.3) is 5.91 Å². The number of nitrogens with zero attached hydrogens (tertiary/aromatic N) is 2. The predicted octanol–water partition coefficient (Wildman–Crippen LogP) is 3.17. The SMILES string of the molecule is CC1(C)OC(c2ccc(-c3ccc(C4(N)COC4)nc3)cc2)C(CF)N1C(=O)C(F)F. The summed E-state index contributed by atoms with van der Waals surface area (Å²) in [7, 11) is 0. The monoisotopic (exact) mass is 435 g/mol. The highest BCUT2D eigenvalue weighted by Crippen LogP contribution is 2.42. The summed E-state index contributed by atoms with van der Waals surface area (Å²) < 4.78 is 50.9. The third-order valence-electron chi connectivity index (χ3n) is 5.82. The molecule has 2 aromatic rings. The van der Waals surface area contributed by atoms with Crippen molar-refractivity contribution >= 4 is 5.91 Å². The van der Waals surface area contributed by atoms with Crippen molar-refractivity contribution in [2.75, 3.05) is 19.9 Å². The van der Waals surface area contributed by atoms with Crippen LogP contribution in [0.1, 0.15) is 31.2 Å². The number of benzene rings is 1. The van der Waals surface area contributed by atoms with Crippen molar-refractivity contribution in [3.8, 4) is 11.1 Å². The van der Waals surface area contributed by atoms with Gasteiger partial charge in [0.15, 0.2) is 0 Å². The second-order valence-corrected chi connectivity index (χ2v) is 8.42. The van der Waals surface area contributed by atoms with Crippen LogP contribution in [0.5, 0.6) is 0 Å². The number of rotatable bonds is 5. The molecule has 0 aliphatic carbocycles. The molecule has 3 heterocycles. The maximum Gasteiger partial charge on any atom is 0.315 e. The first-order valence-corrected chi connectivity index (χ1v) is 9.95. The summed E-state index contributed by atoms with van der Waals surface area (Å²) in [4.78, 5) is 17.2. The standard InChI is InChI=1S/C22H24F3N3O3/c1-21(2)28(20(29)19(24)25)16(9-23)18(31-21)14-5-3-13(4-6-14)15-7-8-17(27-10-15)22(26)11-30-12-22/h3-8,10,16,18-19H,9,11-12,26H2,1-2H3. The predicted molar refractivity (Wildman–Crippen MR) is 107 cm³/mol. The van der Waals surface area contributed by atoms with Gasteiger partial charge in [-0.25, -0.2) is 4.39 Å². The molecule has 2 aliphatic heterocycles. The minimum atomic E-state index is -3.23. The van der Waals surface area contributed by atoms with Gasteiger partial charge in [0.05, 0.1) is 24.9 Å². The fourth-order valence-corrected chi connectivity index (χ4v) is 4.15. The molecule has 9 heteroatoms. The molecule has 1 aromatic carbocycles. The molecule has 0 saturated carbocycles. The van der Waals surface area contributed by atoms with Gasteiger partial charge < -0.3 is 20.1 Å². The second kappa shape index (κ2) is 7.89. The summed E-state index contributed by atoms with van der Waals surface area (Å²) in [5, 5.41) is 0. The molecule has 0 radical (unpaired) electrons. The minimum absolute atomic E-state index is 0.437. The van der Waals surface area contributed by atoms with Crippen molar-refractivity contribution in [1.82, 2.24) is 9.88 Å². The number of pyridine rings is 1. The molecule has 31 heavy (non-hydrogen) atoms. The molecular weight excluding hydrogens is 411 g/mol. The van der Waals surface area contributed by atoms with Gasteiger partial charge in [0.2, 0.25) is 0 Å². The molecule has 2 atom stereocenters. The van der Waals surface area contributed by atoms with Crippen LogP contribution in [0.4, 0.5) is 13.2 Å². The van der Waals surface area contributed by atoms with Gasteiger partial charge >= 0.3 is 6.43 Å². The van der Waals surface area contributed by atoms with Crippen LogP contribution in [0.2, 0.25) is 0 Å². The lowest BCUT2D eigenvalue weighted by molar-refractivity contribution is -0.159. The van der Waals surface area contributed by atoms with Crippen molar-refractivity contribution in [3.63, 3.8) is 0 Å². The lowest BCUT2D eigenvalue weighted by Crippen LogP contribution is -2.54. The Hall–Kier alpha value is -2.49. The van der Waals surface area contributed by atoms with Crippen LogP contribution >= 0.6 is 0 Å². The number of nitrogens with two attached hydrogens (primary N) is 1. The number of carbonyl (C=O) groups excluding carboxylic acids is 1. The Morgan fingerprint density at radius 1 is 1.19 bits per heavy atom. The largest absolute Gasteiger partial charge is 0.377 e. The van der Waals surface area contributed by atoms with Crippen LogP contribution in [0.3, 0.4) is 0 Å². The van der Waals surface area contributed by atoms with Crippen molar-refractivity contribution in [1.29, 1.82) is 0 Å². The van der Waals surface area contributed by atoms with Gasteiger partial charge in [-0.2, -0.15) is 8.78 Å². The van der Waals surface area contributed by atoms with E-state index in [9.17, 15) is 18.0 Å². The molecule has 2 saturated heterocycles. The van der Waals surface area contributed by atoms with Gasteiger partial charge in [-0.15, -0.1) is 0 Å². The average molecular weight is 435 g/mol. The summed E-state index contributed by atoms with van der Waals surface area (Å²) >= 11 is 0. The van der Waals surface area contributed by atoms with Crippen LogP contribution in [0.25, 0.3) is 11.1 Å². The molecule has 2 fully saturated rings. The first-order valence-electron chi connectivity index (χ1n) is 9.95. The van der Waals surface area contributed by atoms with Crippen LogP contribution in [-0.4, -0.2) is 53.9 Å². The Morgan fingerprint density at radius 3 is 2.32 bits per heavy atom. The molecular formula is C22H24F3N3O3. The van der Waals surface area contributed by atoms with Gasteiger partial charge in [0.1, 0.15) is 24.0 Å². The van der Waals surface area contributed by atoms with E-state index in [0.29, 0.717) is 18.8 Å². The van der Waals surface area contributed by atoms with E-state index in [1.54, 1.807) is 18.3 Å². The number of ether oxygens (including phenoxy) is 2. The fourth-order valence-electron chi connectivity index (χ4n) is 4.15. The number of halogens is 3. The third kappa shape index (κ3) is 3.81. The summed E-state index contributed by atoms with van der Waals surface area (Å²) in [5.41, 5.74) is 7.39. The van der Waals surface area contributed by atoms with Gasteiger partial charge in [-0.05, 0) is 31.0 Å². The quantitative estimate of drug-likeness (QED) is 0.781. The topological polar surface area (TPSA) is 77.7 Å². The molecule has 1 aromatic heterocycles. The lowest BCUT2D eigenvalue weighted by atomic mass is 9.93. The van der Waals surface area contributed by atoms with Gasteiger partial charge in [0, 0.05) is 11.8 Å². The van der Waals surface area contributed by atoms with Crippen molar-refractivity contribution < 1.29 is 27.4 Å². The molecule has 4 rings (SSSR count). The molecule has 1 amide bonds. The van der Waals surface area contributed by atoms with E-state index in [1.807, 2.05) is 24.3 Å². The number of carbonyl (C=O) groups is 1. The van der Waals surface area contributed by atoms with Gasteiger partial charge in [-0.1, -0.05) is 30.3 Å². The van der Waals surface area contributed by atoms with E-state index in [4.69, 9.17) is 15.2 Å². The number of hydrogen-bond donors (Lipinski definition) is 1. The van der Waals surface area contributed by atoms with Crippen molar-refractivity contribution in [3.05, 3.63) is 53.9 Å². The molecule has 6 nitrogen and oxygen atoms in total. The number of alkyl halides is 3. The zero-order valence-corrected chi connectivity index (χ0v) is 17.2. The first-order chi connectivity index (χ1) is 14.7. The summed E-state index contributed by atoms with van der Waals surface area (Å²) in [5.74, 6) is -1.44. The zero-order chi connectivity index (χ0) is 22.4. The summed E-state index contributed by atoms with van der Waals surface area (Å²) in [6.45, 7) is 2.84. The minimum Gasteiger partial charge on any atom is -0.377 e. The molecule has 0 bridgehead atoms. The van der Waals surface area contributed by atoms with Crippen molar-refractivity contribution in [2.45, 2.75) is 43.7 Å². The Bertz CT molecular complexity index is 947. The smallest absolute Gasteiger partial charge is 0.315 e. The molecule has 2 aliphatic rings. The Morgan fingerprint density at radius 2 is 1.84 bits per heavy atom. The third-order valence-corrected chi connectivity index (χ3v) is 5.82. The van der Waals surface area contributed by atoms with Crippen LogP contribution < -0.4 is 5.73 Å². The first kappa shape index (κ1) is 21.7. The van der Waals surface area contributed by atoms with Crippen LogP contribution in [0, 0.1) is 0 Å². The molecule has 2 unspecified atom stereocenters. The zero-order valence-electron chi connectivity index (χ0n) is 17.2. The summed E-state index contributed by atoms with van der Waals surface area (Å²) in [6, 6.07) is 9.77. The van der Waals surface area contributed by atoms with E-state index in [-0.39, 0.29) is 0 Å². The maximum absolute atomic E-state index is 13.8. The Balaban J connectivity index is 1.55. The molecule has 0 spiro atoms. The highest BCUT2D eigenvalue weighted by atomic mass is 19.3. The Labute approximate surface area is 178 Å². The van der Waals surface area contributed by atoms with E-state index in [0.717, 1.165) is 21.7 Å². The maximum atomic E-state index is 13.8. The van der Waals surface area contributed by atoms with E-state index < -0.39 is 42.4 Å². The Kier molecular flexibility index (Phi) is 5.53. The number of hydrogen-bond acceptors (Lipinski definition) is 5. The summed E-state index contributed by atoms with van der Waals surface area (Å²) in [6.07, 6.45) is -2.36. The van der Waals surface area contributed by atoms with E-state index >= 15 is 0 Å². The van der Waals surface area contributed by atoms with E-state index in [1.165, 1.54) is 13.8 Å². The van der Waals surface area contributed by atoms with Crippen molar-refractivity contribution in [2.24, 2.45) is 5.73 Å². The average Bonchev–Trinajstić information content (AvgIpc) is 3.01. The highest BCUT2D eigenvalue weighted by Gasteiger charge is 2.52. The molecule has 166 valence electrons. The van der Waals surface area contributed by atoms with Crippen LogP contribution in [0.15, 0.2) is 42.6 Å². The normalized spacial score (nSPS) is 24.3. The lowest BCUT2D eigenvalue weighted by Gasteiger charge is -2.37. The van der Waals surface area contributed by atoms with Crippen LogP contribution in [-0.2, 0) is 19.8 Å². The second-order valence-electron chi connectivity index (χ2n) is 8.42. The van der Waals surface area contributed by atoms with Gasteiger partial charge in [-0.3, -0.25) is 9.78 Å². The molecule has 2 N–H and O–H groups in total. The van der Waals surface area contributed by atoms with E-state index in [2.05, 4.69) is 4.98 Å². The number of amides is 1. The highest BCUT2D eigenvalue weighted by molar-refractivity contribution is 5.80.